The predicted octanol–water partition coefficient (Wildman–Crippen LogP) is 3.70. The lowest BCUT2D eigenvalue weighted by Gasteiger charge is -2.31. The lowest BCUT2D eigenvalue weighted by atomic mass is 9.99. The molecule has 0 spiro atoms. The van der Waals surface area contributed by atoms with Gasteiger partial charge in [-0.3, -0.25) is 29.3 Å². The average molecular weight is 944 g/mol. The summed E-state index contributed by atoms with van der Waals surface area (Å²) in [7, 11) is 0. The normalized spacial score (nSPS) is 30.0. The maximum absolute atomic E-state index is 13.1. The van der Waals surface area contributed by atoms with Crippen molar-refractivity contribution in [1.29, 1.82) is 0 Å². The molecule has 0 radical (unpaired) electrons. The molecule has 2 saturated heterocycles. The van der Waals surface area contributed by atoms with Crippen molar-refractivity contribution in [3.05, 3.63) is 76.6 Å². The number of carbonyl (C=O) groups is 2. The number of carbonyl (C=O) groups excluding carboxylic acids is 2. The molecule has 8 rings (SSSR count). The Bertz CT molecular complexity index is 2720. The molecule has 63 heavy (non-hydrogen) atoms. The number of ether oxygens (including phenoxy) is 1. The van der Waals surface area contributed by atoms with Crippen LogP contribution in [0.25, 0.3) is 27.2 Å². The van der Waals surface area contributed by atoms with E-state index >= 15 is 0 Å². The second-order valence-corrected chi connectivity index (χ2v) is 21.2. The summed E-state index contributed by atoms with van der Waals surface area (Å²) < 4.78 is 41.1. The Morgan fingerprint density at radius 3 is 2.54 bits per heavy atom. The van der Waals surface area contributed by atoms with Crippen molar-refractivity contribution < 1.29 is 46.9 Å². The van der Waals surface area contributed by atoms with E-state index in [-0.39, 0.29) is 67.2 Å². The smallest absolute Gasteiger partial charge is 0.327 e. The number of anilines is 2. The van der Waals surface area contributed by atoms with Crippen molar-refractivity contribution in [2.75, 3.05) is 43.6 Å². The van der Waals surface area contributed by atoms with Gasteiger partial charge in [0.2, 0.25) is 18.4 Å². The standard InChI is InChI=1S/C37H43N11O11P2S2/c1-19(2)33(50)45-37-44-32-27(35(52)46-37)42-18-48(32)36-29-23(13-49)25(57-36)15-56-61(63,54-11-10-38-4)59-28-20(3)24(12-22(28)14-55-60(53,62)58-29)47-17-41-26-30(39-16-40-31(26)47)43-34(51)21-8-6-5-7-9-21/h5-9,16-20,22-25,28-29,36,49H,10-15H2,1-3H3,(H,53,62)(H,39,40,43,51)(H2,44,45,46,50,52). The van der Waals surface area contributed by atoms with Gasteiger partial charge >= 0.3 is 13.4 Å². The average Bonchev–Trinajstić information content (AvgIpc) is 4.03. The summed E-state index contributed by atoms with van der Waals surface area (Å²) in [4.78, 5) is 78.3. The van der Waals surface area contributed by atoms with Crippen molar-refractivity contribution in [3.8, 4) is 0 Å². The summed E-state index contributed by atoms with van der Waals surface area (Å²) in [5, 5.41) is 16.2. The largest absolute Gasteiger partial charge is 0.396 e. The maximum Gasteiger partial charge on any atom is 0.327 e. The number of rotatable bonds is 10. The molecule has 2 amide bonds. The van der Waals surface area contributed by atoms with Crippen LogP contribution < -0.4 is 16.2 Å². The Morgan fingerprint density at radius 2 is 1.79 bits per heavy atom. The SMILES string of the molecule is [C-]#[N+]CCOP1(=S)OCC2OC(n3cnc4c(=O)[nH]c(NC(=O)C(C)C)nc43)C(OP(O)(=S)OCC3CC(n4cnc5c(NC(=O)c6ccccc6)ncnc54)C(C)C3O1)C2CO. The highest BCUT2D eigenvalue weighted by atomic mass is 32.5. The van der Waals surface area contributed by atoms with Crippen LogP contribution in [0.4, 0.5) is 11.8 Å². The van der Waals surface area contributed by atoms with Gasteiger partial charge < -0.3 is 52.1 Å². The second-order valence-electron chi connectivity index (χ2n) is 15.4. The molecule has 5 aromatic rings. The Labute approximate surface area is 369 Å². The van der Waals surface area contributed by atoms with E-state index in [2.05, 4.69) is 45.4 Å². The number of aromatic amines is 1. The van der Waals surface area contributed by atoms with E-state index in [1.54, 1.807) is 44.4 Å². The zero-order valence-electron chi connectivity index (χ0n) is 33.9. The third kappa shape index (κ3) is 9.38. The van der Waals surface area contributed by atoms with E-state index in [1.807, 2.05) is 17.6 Å². The number of aromatic nitrogens is 8. The van der Waals surface area contributed by atoms with E-state index in [0.29, 0.717) is 23.1 Å². The number of amides is 2. The minimum Gasteiger partial charge on any atom is -0.396 e. The van der Waals surface area contributed by atoms with E-state index in [1.165, 1.54) is 17.2 Å². The van der Waals surface area contributed by atoms with E-state index in [9.17, 15) is 24.4 Å². The molecule has 6 heterocycles. The fraction of sp³-hybridized carbons (Fsp3) is 0.486. The number of H-pyrrole nitrogens is 1. The Balaban J connectivity index is 1.11. The monoisotopic (exact) mass is 943 g/mol. The van der Waals surface area contributed by atoms with Crippen LogP contribution in [-0.4, -0.2) is 112 Å². The first-order valence-electron chi connectivity index (χ1n) is 19.8. The van der Waals surface area contributed by atoms with Crippen LogP contribution >= 0.6 is 13.4 Å². The molecule has 1 aromatic carbocycles. The molecule has 10 atom stereocenters. The number of nitrogens with zero attached hydrogens (tertiary/aromatic N) is 8. The summed E-state index contributed by atoms with van der Waals surface area (Å²) in [5.74, 6) is -2.90. The highest BCUT2D eigenvalue weighted by molar-refractivity contribution is 8.07. The van der Waals surface area contributed by atoms with Gasteiger partial charge in [-0.15, -0.1) is 0 Å². The lowest BCUT2D eigenvalue weighted by Crippen LogP contribution is -2.33. The number of aliphatic hydroxyl groups excluding tert-OH is 1. The number of hydrogen-bond acceptors (Lipinski definition) is 17. The molecule has 1 aliphatic carbocycles. The molecule has 1 saturated carbocycles. The van der Waals surface area contributed by atoms with Crippen LogP contribution in [0.3, 0.4) is 0 Å². The van der Waals surface area contributed by atoms with Gasteiger partial charge in [0.15, 0.2) is 34.4 Å². The first-order chi connectivity index (χ1) is 30.2. The molecular weight excluding hydrogens is 901 g/mol. The van der Waals surface area contributed by atoms with Gasteiger partial charge in [-0.25, -0.2) is 26.5 Å². The number of aliphatic hydroxyl groups is 1. The van der Waals surface area contributed by atoms with Crippen LogP contribution in [-0.2, 0) is 55.8 Å². The van der Waals surface area contributed by atoms with Gasteiger partial charge in [-0.05, 0) is 42.2 Å². The van der Waals surface area contributed by atoms with Crippen LogP contribution in [0.15, 0.2) is 54.1 Å². The molecule has 2 aliphatic heterocycles. The van der Waals surface area contributed by atoms with E-state index < -0.39 is 73.8 Å². The maximum atomic E-state index is 13.1. The quantitative estimate of drug-likeness (QED) is 0.0759. The highest BCUT2D eigenvalue weighted by Gasteiger charge is 2.52. The molecule has 22 nitrogen and oxygen atoms in total. The fourth-order valence-electron chi connectivity index (χ4n) is 7.91. The molecule has 3 aliphatic rings. The van der Waals surface area contributed by atoms with Crippen molar-refractivity contribution >= 4 is 83.0 Å². The van der Waals surface area contributed by atoms with Crippen molar-refractivity contribution in [2.45, 2.75) is 57.8 Å². The van der Waals surface area contributed by atoms with E-state index in [4.69, 9.17) is 57.5 Å². The molecule has 26 heteroatoms. The molecule has 2 bridgehead atoms. The fourth-order valence-corrected chi connectivity index (χ4v) is 11.6. The van der Waals surface area contributed by atoms with Gasteiger partial charge in [-0.1, -0.05) is 39.0 Å². The van der Waals surface area contributed by atoms with Gasteiger partial charge in [-0.2, -0.15) is 4.98 Å². The summed E-state index contributed by atoms with van der Waals surface area (Å²) in [5.41, 5.74) is 0.488. The minimum absolute atomic E-state index is 0.00399. The van der Waals surface area contributed by atoms with Gasteiger partial charge in [0, 0.05) is 35.3 Å². The van der Waals surface area contributed by atoms with Crippen LogP contribution in [0, 0.1) is 30.2 Å². The van der Waals surface area contributed by atoms with Crippen LogP contribution in [0.5, 0.6) is 0 Å². The van der Waals surface area contributed by atoms with Crippen LogP contribution in [0.1, 0.15) is 49.8 Å². The third-order valence-electron chi connectivity index (χ3n) is 11.1. The highest BCUT2D eigenvalue weighted by Crippen LogP contribution is 2.59. The molecule has 334 valence electrons. The van der Waals surface area contributed by atoms with Crippen molar-refractivity contribution in [3.63, 3.8) is 0 Å². The lowest BCUT2D eigenvalue weighted by molar-refractivity contribution is -0.118. The van der Waals surface area contributed by atoms with Gasteiger partial charge in [0.25, 0.3) is 11.5 Å². The predicted molar refractivity (Wildman–Crippen MR) is 232 cm³/mol. The zero-order valence-corrected chi connectivity index (χ0v) is 37.3. The molecule has 3 fully saturated rings. The van der Waals surface area contributed by atoms with Gasteiger partial charge in [0.05, 0.1) is 44.7 Å². The third-order valence-corrected chi connectivity index (χ3v) is 15.0. The van der Waals surface area contributed by atoms with Crippen LogP contribution in [0.2, 0.25) is 0 Å². The first kappa shape index (κ1) is 45.1. The second kappa shape index (κ2) is 18.6. The summed E-state index contributed by atoms with van der Waals surface area (Å²) in [6.45, 7) is 3.53. The number of fused-ring (bicyclic) bond motifs is 5. The minimum atomic E-state index is -4.18. The molecule has 10 unspecified atom stereocenters. The Hall–Kier alpha value is -4.47. The van der Waals surface area contributed by atoms with E-state index in [0.717, 1.165) is 0 Å². The number of hydrogen-bond donors (Lipinski definition) is 5. The van der Waals surface area contributed by atoms with Gasteiger partial charge in [0.1, 0.15) is 19.0 Å². The number of benzene rings is 1. The summed E-state index contributed by atoms with van der Waals surface area (Å²) in [6, 6.07) is 8.33. The zero-order chi connectivity index (χ0) is 44.6. The number of imidazole rings is 2. The Morgan fingerprint density at radius 1 is 1.03 bits per heavy atom. The topological polar surface area (TPSA) is 266 Å². The first-order valence-corrected chi connectivity index (χ1v) is 25.0. The number of nitrogens with one attached hydrogen (secondary N) is 3. The summed E-state index contributed by atoms with van der Waals surface area (Å²) in [6.07, 6.45) is 0.390. The molecule has 5 N–H and O–H groups in total. The molecule has 4 aromatic heterocycles. The van der Waals surface area contributed by atoms with Crippen molar-refractivity contribution in [1.82, 2.24) is 39.0 Å². The van der Waals surface area contributed by atoms with Crippen molar-refractivity contribution in [2.24, 2.45) is 23.7 Å². The molecular formula is C37H43N11O11P2S2. The summed E-state index contributed by atoms with van der Waals surface area (Å²) >= 11 is 11.6. The Kier molecular flexibility index (Phi) is 13.3.